The number of amides is 2. The summed E-state index contributed by atoms with van der Waals surface area (Å²) in [4.78, 5) is 27.1. The Labute approximate surface area is 200 Å². The van der Waals surface area contributed by atoms with Crippen LogP contribution in [0, 0.1) is 0 Å². The van der Waals surface area contributed by atoms with Crippen LogP contribution in [0.1, 0.15) is 44.9 Å². The fourth-order valence-corrected chi connectivity index (χ4v) is 4.26. The summed E-state index contributed by atoms with van der Waals surface area (Å²) >= 11 is 5.51. The molecule has 0 fully saturated rings. The molecule has 33 heavy (non-hydrogen) atoms. The molecule has 0 saturated heterocycles. The van der Waals surface area contributed by atoms with E-state index in [-0.39, 0.29) is 18.6 Å². The summed E-state index contributed by atoms with van der Waals surface area (Å²) < 4.78 is 5.31. The number of hydrogen-bond donors (Lipinski definition) is 3. The van der Waals surface area contributed by atoms with E-state index >= 15 is 0 Å². The van der Waals surface area contributed by atoms with Gasteiger partial charge in [-0.25, -0.2) is 9.59 Å². The van der Waals surface area contributed by atoms with E-state index in [1.54, 1.807) is 19.1 Å². The first-order valence-electron chi connectivity index (χ1n) is 11.1. The van der Waals surface area contributed by atoms with Crippen molar-refractivity contribution in [3.8, 4) is 0 Å². The second-order valence-electron chi connectivity index (χ2n) is 7.56. The zero-order valence-electron chi connectivity index (χ0n) is 19.4. The second-order valence-corrected chi connectivity index (χ2v) is 7.94. The normalized spacial score (nSPS) is 15.7. The highest BCUT2D eigenvalue weighted by Crippen LogP contribution is 2.32. The molecule has 0 saturated carbocycles. The molecule has 1 atom stereocenters. The van der Waals surface area contributed by atoms with Crippen molar-refractivity contribution in [2.45, 2.75) is 40.2 Å². The minimum absolute atomic E-state index is 0.290. The van der Waals surface area contributed by atoms with Crippen molar-refractivity contribution in [2.24, 2.45) is 0 Å². The maximum atomic E-state index is 12.7. The van der Waals surface area contributed by atoms with Gasteiger partial charge in [-0.15, -0.1) is 0 Å². The van der Waals surface area contributed by atoms with Crippen LogP contribution in [0.5, 0.6) is 0 Å². The van der Waals surface area contributed by atoms with Crippen molar-refractivity contribution in [3.05, 3.63) is 70.9 Å². The third-order valence-electron chi connectivity index (χ3n) is 5.56. The van der Waals surface area contributed by atoms with E-state index in [9.17, 15) is 9.59 Å². The maximum absolute atomic E-state index is 12.7. The molecule has 3 rings (SSSR count). The Morgan fingerprint density at radius 1 is 1.06 bits per heavy atom. The second kappa shape index (κ2) is 11.0. The molecule has 2 amide bonds. The number of esters is 1. The number of rotatable bonds is 7. The molecule has 174 valence electrons. The summed E-state index contributed by atoms with van der Waals surface area (Å²) in [7, 11) is 0. The van der Waals surface area contributed by atoms with Gasteiger partial charge in [-0.3, -0.25) is 0 Å². The lowest BCUT2D eigenvalue weighted by Gasteiger charge is -2.37. The summed E-state index contributed by atoms with van der Waals surface area (Å²) in [5.41, 5.74) is 4.64. The SMILES string of the molecule is CCOC(=O)C1=C(C)N(CC)C(=S)NC1c1ccc(NC(=O)Nc2ccccc2CC)cc1. The summed E-state index contributed by atoms with van der Waals surface area (Å²) in [5, 5.41) is 9.56. The minimum atomic E-state index is -0.432. The predicted molar refractivity (Wildman–Crippen MR) is 135 cm³/mol. The number of ether oxygens (including phenoxy) is 1. The van der Waals surface area contributed by atoms with Crippen LogP contribution in [-0.2, 0) is 16.0 Å². The first-order chi connectivity index (χ1) is 15.9. The zero-order chi connectivity index (χ0) is 24.0. The number of anilines is 2. The number of aryl methyl sites for hydroxylation is 1. The number of hydrogen-bond acceptors (Lipinski definition) is 4. The number of thiocarbonyl (C=S) groups is 1. The number of urea groups is 1. The summed E-state index contributed by atoms with van der Waals surface area (Å²) in [6.45, 7) is 8.62. The van der Waals surface area contributed by atoms with Gasteiger partial charge in [0.1, 0.15) is 0 Å². The van der Waals surface area contributed by atoms with E-state index in [2.05, 4.69) is 16.0 Å². The molecule has 8 heteroatoms. The van der Waals surface area contributed by atoms with Crippen molar-refractivity contribution in [1.82, 2.24) is 10.2 Å². The smallest absolute Gasteiger partial charge is 0.338 e. The van der Waals surface area contributed by atoms with Gasteiger partial charge in [0, 0.05) is 23.6 Å². The zero-order valence-corrected chi connectivity index (χ0v) is 20.2. The van der Waals surface area contributed by atoms with Gasteiger partial charge in [-0.05, 0) is 68.7 Å². The Morgan fingerprint density at radius 2 is 1.76 bits per heavy atom. The van der Waals surface area contributed by atoms with Gasteiger partial charge in [0.2, 0.25) is 0 Å². The van der Waals surface area contributed by atoms with Crippen LogP contribution in [0.4, 0.5) is 16.2 Å². The molecule has 3 N–H and O–H groups in total. The fourth-order valence-electron chi connectivity index (χ4n) is 3.88. The maximum Gasteiger partial charge on any atom is 0.338 e. The van der Waals surface area contributed by atoms with Crippen molar-refractivity contribution in [3.63, 3.8) is 0 Å². The molecule has 0 bridgehead atoms. The van der Waals surface area contributed by atoms with E-state index in [4.69, 9.17) is 17.0 Å². The molecule has 2 aromatic rings. The molecule has 1 heterocycles. The number of carbonyl (C=O) groups is 2. The topological polar surface area (TPSA) is 82.7 Å². The van der Waals surface area contributed by atoms with Crippen LogP contribution < -0.4 is 16.0 Å². The number of allylic oxidation sites excluding steroid dienone is 1. The number of carbonyl (C=O) groups excluding carboxylic acids is 2. The number of para-hydroxylation sites is 1. The van der Waals surface area contributed by atoms with E-state index in [1.807, 2.05) is 62.1 Å². The highest BCUT2D eigenvalue weighted by atomic mass is 32.1. The van der Waals surface area contributed by atoms with Gasteiger partial charge < -0.3 is 25.6 Å². The molecule has 1 unspecified atom stereocenters. The van der Waals surface area contributed by atoms with Crippen LogP contribution in [-0.4, -0.2) is 35.2 Å². The lowest BCUT2D eigenvalue weighted by Crippen LogP contribution is -2.47. The van der Waals surface area contributed by atoms with Crippen LogP contribution in [0.15, 0.2) is 59.8 Å². The highest BCUT2D eigenvalue weighted by molar-refractivity contribution is 7.80. The van der Waals surface area contributed by atoms with Gasteiger partial charge in [-0.1, -0.05) is 37.3 Å². The van der Waals surface area contributed by atoms with E-state index in [0.717, 1.165) is 28.9 Å². The average Bonchev–Trinajstić information content (AvgIpc) is 2.80. The van der Waals surface area contributed by atoms with Gasteiger partial charge in [0.15, 0.2) is 5.11 Å². The fraction of sp³-hybridized carbons (Fsp3) is 0.320. The number of nitrogens with zero attached hydrogens (tertiary/aromatic N) is 1. The van der Waals surface area contributed by atoms with E-state index in [1.165, 1.54) is 0 Å². The molecule has 2 aromatic carbocycles. The van der Waals surface area contributed by atoms with Crippen LogP contribution in [0.25, 0.3) is 0 Å². The summed E-state index contributed by atoms with van der Waals surface area (Å²) in [5.74, 6) is -0.371. The Morgan fingerprint density at radius 3 is 2.39 bits per heavy atom. The van der Waals surface area contributed by atoms with Gasteiger partial charge in [0.05, 0.1) is 18.2 Å². The quantitative estimate of drug-likeness (QED) is 0.394. The van der Waals surface area contributed by atoms with Crippen molar-refractivity contribution >= 4 is 40.7 Å². The third-order valence-corrected chi connectivity index (χ3v) is 5.89. The first kappa shape index (κ1) is 24.3. The van der Waals surface area contributed by atoms with Gasteiger partial charge in [-0.2, -0.15) is 0 Å². The Hall–Kier alpha value is -3.39. The van der Waals surface area contributed by atoms with E-state index in [0.29, 0.717) is 22.9 Å². The standard InChI is InChI=1S/C25H30N4O3S/c1-5-17-10-8-9-11-20(17)27-24(31)26-19-14-12-18(13-15-19)22-21(23(30)32-7-3)16(4)29(6-2)25(33)28-22/h8-15,22H,5-7H2,1-4H3,(H,28,33)(H2,26,27,31). The third kappa shape index (κ3) is 5.51. The summed E-state index contributed by atoms with van der Waals surface area (Å²) in [6.07, 6.45) is 0.826. The Kier molecular flexibility index (Phi) is 8.06. The van der Waals surface area contributed by atoms with Crippen LogP contribution >= 0.6 is 12.2 Å². The molecular weight excluding hydrogens is 436 g/mol. The molecule has 1 aliphatic rings. The highest BCUT2D eigenvalue weighted by Gasteiger charge is 2.34. The molecule has 0 spiro atoms. The number of benzene rings is 2. The first-order valence-corrected chi connectivity index (χ1v) is 11.5. The van der Waals surface area contributed by atoms with Crippen molar-refractivity contribution in [1.29, 1.82) is 0 Å². The van der Waals surface area contributed by atoms with Crippen molar-refractivity contribution in [2.75, 3.05) is 23.8 Å². The Balaban J connectivity index is 1.79. The Bertz CT molecular complexity index is 1070. The number of nitrogens with one attached hydrogen (secondary N) is 3. The predicted octanol–water partition coefficient (Wildman–Crippen LogP) is 4.98. The van der Waals surface area contributed by atoms with Gasteiger partial charge in [0.25, 0.3) is 0 Å². The van der Waals surface area contributed by atoms with Crippen molar-refractivity contribution < 1.29 is 14.3 Å². The monoisotopic (exact) mass is 466 g/mol. The molecular formula is C25H30N4O3S. The van der Waals surface area contributed by atoms with Crippen LogP contribution in [0.2, 0.25) is 0 Å². The molecule has 0 aromatic heterocycles. The lowest BCUT2D eigenvalue weighted by atomic mass is 9.95. The lowest BCUT2D eigenvalue weighted by molar-refractivity contribution is -0.139. The summed E-state index contributed by atoms with van der Waals surface area (Å²) in [6, 6.07) is 14.3. The molecule has 0 aliphatic carbocycles. The average molecular weight is 467 g/mol. The molecule has 0 radical (unpaired) electrons. The van der Waals surface area contributed by atoms with Crippen LogP contribution in [0.3, 0.4) is 0 Å². The largest absolute Gasteiger partial charge is 0.463 e. The van der Waals surface area contributed by atoms with E-state index < -0.39 is 6.04 Å². The van der Waals surface area contributed by atoms with Gasteiger partial charge >= 0.3 is 12.0 Å². The molecule has 1 aliphatic heterocycles. The molecule has 7 nitrogen and oxygen atoms in total. The minimum Gasteiger partial charge on any atom is -0.463 e.